The molecule has 4 N–H and O–H groups in total. The molecule has 1 rings (SSSR count). The molecular formula is C6H7ClN4O3. The van der Waals surface area contributed by atoms with Gasteiger partial charge in [-0.05, 0) is 0 Å². The van der Waals surface area contributed by atoms with Gasteiger partial charge >= 0.3 is 5.97 Å². The molecule has 1 aromatic heterocycles. The molecule has 0 aliphatic heterocycles. The van der Waals surface area contributed by atoms with Crippen molar-refractivity contribution in [2.45, 2.75) is 0 Å². The van der Waals surface area contributed by atoms with Crippen LogP contribution in [0.4, 0.5) is 11.8 Å². The fraction of sp³-hybridized carbons (Fsp3) is 0.167. The number of carboxylic acid groups (broad SMARTS) is 1. The van der Waals surface area contributed by atoms with Crippen molar-refractivity contribution in [3.8, 4) is 0 Å². The molecule has 76 valence electrons. The molecule has 0 fully saturated rings. The first-order valence-corrected chi connectivity index (χ1v) is 3.85. The second kappa shape index (κ2) is 4.58. The Morgan fingerprint density at radius 2 is 2.43 bits per heavy atom. The average molecular weight is 219 g/mol. The van der Waals surface area contributed by atoms with Crippen molar-refractivity contribution < 1.29 is 14.7 Å². The van der Waals surface area contributed by atoms with Gasteiger partial charge in [-0.25, -0.2) is 15.3 Å². The highest BCUT2D eigenvalue weighted by atomic mass is 35.5. The van der Waals surface area contributed by atoms with Gasteiger partial charge in [-0.15, -0.1) is 0 Å². The summed E-state index contributed by atoms with van der Waals surface area (Å²) in [4.78, 5) is 21.9. The van der Waals surface area contributed by atoms with Crippen LogP contribution in [0.3, 0.4) is 0 Å². The fourth-order valence-corrected chi connectivity index (χ4v) is 0.849. The van der Waals surface area contributed by atoms with Crippen LogP contribution < -0.4 is 11.2 Å². The number of carbonyl (C=O) groups is 1. The minimum absolute atomic E-state index is 0.0288. The van der Waals surface area contributed by atoms with Gasteiger partial charge in [0.25, 0.3) is 0 Å². The quantitative estimate of drug-likeness (QED) is 0.487. The van der Waals surface area contributed by atoms with Gasteiger partial charge in [-0.1, -0.05) is 11.6 Å². The molecule has 0 atom stereocenters. The lowest BCUT2D eigenvalue weighted by atomic mass is 10.6. The Morgan fingerprint density at radius 1 is 1.71 bits per heavy atom. The van der Waals surface area contributed by atoms with Crippen LogP contribution in [0.5, 0.6) is 0 Å². The highest BCUT2D eigenvalue weighted by Gasteiger charge is 2.01. The second-order valence-corrected chi connectivity index (χ2v) is 2.61. The Labute approximate surface area is 83.8 Å². The standard InChI is InChI=1S/C6H7ClN4O3/c7-3-1-4(10-6(8)9-3)11-14-2-5(12)13/h1H,2H2,(H,12,13)(H3,8,9,10,11). The van der Waals surface area contributed by atoms with Crippen LogP contribution in [-0.2, 0) is 9.63 Å². The van der Waals surface area contributed by atoms with Gasteiger partial charge < -0.3 is 10.8 Å². The fourth-order valence-electron chi connectivity index (χ4n) is 0.659. The first-order valence-electron chi connectivity index (χ1n) is 3.47. The van der Waals surface area contributed by atoms with E-state index in [1.807, 2.05) is 0 Å². The van der Waals surface area contributed by atoms with Crippen molar-refractivity contribution in [2.75, 3.05) is 17.8 Å². The molecule has 8 heteroatoms. The number of nitrogens with zero attached hydrogens (tertiary/aromatic N) is 2. The highest BCUT2D eigenvalue weighted by molar-refractivity contribution is 6.29. The SMILES string of the molecule is Nc1nc(Cl)cc(NOCC(=O)O)n1. The molecular weight excluding hydrogens is 212 g/mol. The molecule has 7 nitrogen and oxygen atoms in total. The Bertz CT molecular complexity index is 326. The molecule has 1 aromatic rings. The Kier molecular flexibility index (Phi) is 3.43. The highest BCUT2D eigenvalue weighted by Crippen LogP contribution is 2.11. The van der Waals surface area contributed by atoms with E-state index in [-0.39, 0.29) is 16.9 Å². The molecule has 0 aliphatic carbocycles. The van der Waals surface area contributed by atoms with Crippen LogP contribution in [0.1, 0.15) is 0 Å². The lowest BCUT2D eigenvalue weighted by Crippen LogP contribution is -2.12. The zero-order valence-electron chi connectivity index (χ0n) is 6.90. The summed E-state index contributed by atoms with van der Waals surface area (Å²) in [5, 5.41) is 8.39. The maximum atomic E-state index is 10.1. The summed E-state index contributed by atoms with van der Waals surface area (Å²) in [6.45, 7) is -0.498. The third-order valence-corrected chi connectivity index (χ3v) is 1.28. The van der Waals surface area contributed by atoms with Crippen LogP contribution in [0.25, 0.3) is 0 Å². The van der Waals surface area contributed by atoms with E-state index in [9.17, 15) is 4.79 Å². The smallest absolute Gasteiger partial charge is 0.332 e. The largest absolute Gasteiger partial charge is 0.479 e. The van der Waals surface area contributed by atoms with E-state index >= 15 is 0 Å². The summed E-state index contributed by atoms with van der Waals surface area (Å²) >= 11 is 5.55. The van der Waals surface area contributed by atoms with Crippen LogP contribution in [-0.4, -0.2) is 27.7 Å². The number of nitrogens with one attached hydrogen (secondary N) is 1. The van der Waals surface area contributed by atoms with Crippen molar-refractivity contribution in [3.05, 3.63) is 11.2 Å². The van der Waals surface area contributed by atoms with E-state index in [1.165, 1.54) is 6.07 Å². The van der Waals surface area contributed by atoms with Gasteiger partial charge in [-0.2, -0.15) is 4.98 Å². The zero-order valence-corrected chi connectivity index (χ0v) is 7.65. The summed E-state index contributed by atoms with van der Waals surface area (Å²) in [7, 11) is 0. The van der Waals surface area contributed by atoms with Gasteiger partial charge in [0.1, 0.15) is 5.15 Å². The first kappa shape index (κ1) is 10.5. The molecule has 0 spiro atoms. The molecule has 0 aromatic carbocycles. The van der Waals surface area contributed by atoms with E-state index in [0.29, 0.717) is 0 Å². The van der Waals surface area contributed by atoms with E-state index in [0.717, 1.165) is 0 Å². The molecule has 1 heterocycles. The minimum Gasteiger partial charge on any atom is -0.479 e. The third kappa shape index (κ3) is 3.42. The number of aliphatic carboxylic acids is 1. The summed E-state index contributed by atoms with van der Waals surface area (Å²) in [5.74, 6) is -0.937. The number of hydrogen-bond acceptors (Lipinski definition) is 6. The number of nitrogens with two attached hydrogens (primary N) is 1. The lowest BCUT2D eigenvalue weighted by Gasteiger charge is -2.04. The predicted octanol–water partition coefficient (Wildman–Crippen LogP) is 0.140. The van der Waals surface area contributed by atoms with E-state index < -0.39 is 12.6 Å². The minimum atomic E-state index is -1.11. The van der Waals surface area contributed by atoms with E-state index in [4.69, 9.17) is 22.4 Å². The van der Waals surface area contributed by atoms with Gasteiger partial charge in [-0.3, -0.25) is 4.84 Å². The second-order valence-electron chi connectivity index (χ2n) is 2.22. The number of rotatable bonds is 4. The van der Waals surface area contributed by atoms with E-state index in [2.05, 4.69) is 20.3 Å². The molecule has 0 saturated carbocycles. The number of nitrogen functional groups attached to an aromatic ring is 1. The number of anilines is 2. The van der Waals surface area contributed by atoms with Crippen molar-refractivity contribution in [3.63, 3.8) is 0 Å². The summed E-state index contributed by atoms with van der Waals surface area (Å²) < 4.78 is 0. The topological polar surface area (TPSA) is 110 Å². The number of hydrogen-bond donors (Lipinski definition) is 3. The lowest BCUT2D eigenvalue weighted by molar-refractivity contribution is -0.141. The van der Waals surface area contributed by atoms with Gasteiger partial charge in [0.2, 0.25) is 5.95 Å². The van der Waals surface area contributed by atoms with Crippen molar-refractivity contribution in [2.24, 2.45) is 0 Å². The van der Waals surface area contributed by atoms with E-state index in [1.54, 1.807) is 0 Å². The first-order chi connectivity index (χ1) is 6.58. The summed E-state index contributed by atoms with van der Waals surface area (Å²) in [6.07, 6.45) is 0. The normalized spacial score (nSPS) is 9.79. The Balaban J connectivity index is 2.54. The monoisotopic (exact) mass is 218 g/mol. The van der Waals surface area contributed by atoms with Crippen molar-refractivity contribution >= 4 is 29.3 Å². The predicted molar refractivity (Wildman–Crippen MR) is 48.7 cm³/mol. The molecule has 14 heavy (non-hydrogen) atoms. The van der Waals surface area contributed by atoms with Crippen LogP contribution in [0.15, 0.2) is 6.07 Å². The van der Waals surface area contributed by atoms with Crippen LogP contribution in [0.2, 0.25) is 5.15 Å². The zero-order chi connectivity index (χ0) is 10.6. The molecule has 0 amide bonds. The van der Waals surface area contributed by atoms with Crippen molar-refractivity contribution in [1.29, 1.82) is 0 Å². The third-order valence-electron chi connectivity index (χ3n) is 1.08. The molecule has 0 aliphatic rings. The molecule has 0 bridgehead atoms. The molecule has 0 saturated heterocycles. The summed E-state index contributed by atoms with van der Waals surface area (Å²) in [6, 6.07) is 1.35. The number of carboxylic acids is 1. The van der Waals surface area contributed by atoms with Gasteiger partial charge in [0.05, 0.1) is 0 Å². The Hall–Kier alpha value is -1.60. The molecule has 0 unspecified atom stereocenters. The molecule has 0 radical (unpaired) electrons. The number of aromatic nitrogens is 2. The van der Waals surface area contributed by atoms with Crippen LogP contribution in [0, 0.1) is 0 Å². The van der Waals surface area contributed by atoms with Gasteiger partial charge in [0.15, 0.2) is 12.4 Å². The Morgan fingerprint density at radius 3 is 3.00 bits per heavy atom. The number of halogens is 1. The van der Waals surface area contributed by atoms with Gasteiger partial charge in [0, 0.05) is 6.07 Å². The van der Waals surface area contributed by atoms with Crippen LogP contribution >= 0.6 is 11.6 Å². The average Bonchev–Trinajstić information content (AvgIpc) is 2.01. The maximum absolute atomic E-state index is 10.1. The summed E-state index contributed by atoms with van der Waals surface area (Å²) in [5.41, 5.74) is 7.53. The van der Waals surface area contributed by atoms with Crippen molar-refractivity contribution in [1.82, 2.24) is 9.97 Å². The maximum Gasteiger partial charge on any atom is 0.332 e.